The fourth-order valence-electron chi connectivity index (χ4n) is 1.03. The van der Waals surface area contributed by atoms with Gasteiger partial charge >= 0.3 is 0 Å². The SMILES string of the molecule is O=C(CSCCCCl)c1ccccc1. The zero-order chi connectivity index (χ0) is 10.2. The lowest BCUT2D eigenvalue weighted by Crippen LogP contribution is -2.02. The molecule has 0 aromatic heterocycles. The van der Waals surface area contributed by atoms with Crippen LogP contribution >= 0.6 is 23.4 Å². The maximum absolute atomic E-state index is 11.6. The largest absolute Gasteiger partial charge is 0.293 e. The summed E-state index contributed by atoms with van der Waals surface area (Å²) in [6, 6.07) is 9.39. The van der Waals surface area contributed by atoms with Crippen LogP contribution in [0.25, 0.3) is 0 Å². The molecule has 1 rings (SSSR count). The van der Waals surface area contributed by atoms with Gasteiger partial charge in [-0.05, 0) is 12.2 Å². The molecule has 0 saturated heterocycles. The van der Waals surface area contributed by atoms with E-state index >= 15 is 0 Å². The van der Waals surface area contributed by atoms with Crippen molar-refractivity contribution in [1.29, 1.82) is 0 Å². The molecule has 0 spiro atoms. The summed E-state index contributed by atoms with van der Waals surface area (Å²) in [4.78, 5) is 11.6. The first kappa shape index (κ1) is 11.6. The smallest absolute Gasteiger partial charge is 0.172 e. The van der Waals surface area contributed by atoms with E-state index in [1.807, 2.05) is 30.3 Å². The van der Waals surface area contributed by atoms with Crippen LogP contribution in [0.15, 0.2) is 30.3 Å². The highest BCUT2D eigenvalue weighted by Crippen LogP contribution is 2.08. The molecule has 3 heteroatoms. The Balaban J connectivity index is 2.29. The number of thioether (sulfide) groups is 1. The van der Waals surface area contributed by atoms with Crippen molar-refractivity contribution in [1.82, 2.24) is 0 Å². The Morgan fingerprint density at radius 3 is 2.64 bits per heavy atom. The van der Waals surface area contributed by atoms with E-state index in [1.165, 1.54) is 0 Å². The summed E-state index contributed by atoms with van der Waals surface area (Å²) >= 11 is 7.18. The molecule has 0 unspecified atom stereocenters. The maximum Gasteiger partial charge on any atom is 0.172 e. The number of carbonyl (C=O) groups excluding carboxylic acids is 1. The van der Waals surface area contributed by atoms with E-state index in [-0.39, 0.29) is 5.78 Å². The predicted octanol–water partition coefficient (Wildman–Crippen LogP) is 3.23. The third-order valence-electron chi connectivity index (χ3n) is 1.75. The zero-order valence-electron chi connectivity index (χ0n) is 7.91. The van der Waals surface area contributed by atoms with E-state index in [9.17, 15) is 4.79 Å². The lowest BCUT2D eigenvalue weighted by molar-refractivity contribution is 0.102. The van der Waals surface area contributed by atoms with Crippen LogP contribution in [0.5, 0.6) is 0 Å². The average Bonchev–Trinajstić information content (AvgIpc) is 2.25. The van der Waals surface area contributed by atoms with Crippen LogP contribution in [0.4, 0.5) is 0 Å². The van der Waals surface area contributed by atoms with Gasteiger partial charge < -0.3 is 0 Å². The van der Waals surface area contributed by atoms with Gasteiger partial charge in [0.1, 0.15) is 0 Å². The maximum atomic E-state index is 11.6. The Labute approximate surface area is 93.8 Å². The standard InChI is InChI=1S/C11H13ClOS/c12-7-4-8-14-9-11(13)10-5-2-1-3-6-10/h1-3,5-6H,4,7-9H2. The molecule has 14 heavy (non-hydrogen) atoms. The second-order valence-corrected chi connectivity index (χ2v) is 4.37. The average molecular weight is 229 g/mol. The van der Waals surface area contributed by atoms with Crippen molar-refractivity contribution in [3.63, 3.8) is 0 Å². The minimum absolute atomic E-state index is 0.199. The molecule has 0 amide bonds. The summed E-state index contributed by atoms with van der Waals surface area (Å²) in [5.41, 5.74) is 0.797. The van der Waals surface area contributed by atoms with Crippen LogP contribution in [0, 0.1) is 0 Å². The van der Waals surface area contributed by atoms with Gasteiger partial charge in [0.25, 0.3) is 0 Å². The van der Waals surface area contributed by atoms with E-state index < -0.39 is 0 Å². The van der Waals surface area contributed by atoms with Gasteiger partial charge in [-0.1, -0.05) is 30.3 Å². The fourth-order valence-corrected chi connectivity index (χ4v) is 2.17. The number of hydrogen-bond acceptors (Lipinski definition) is 2. The van der Waals surface area contributed by atoms with Crippen molar-refractivity contribution in [2.75, 3.05) is 17.4 Å². The molecule has 0 aliphatic rings. The summed E-state index contributed by atoms with van der Waals surface area (Å²) in [5.74, 6) is 2.39. The second-order valence-electron chi connectivity index (χ2n) is 2.88. The topological polar surface area (TPSA) is 17.1 Å². The molecule has 0 heterocycles. The molecule has 0 saturated carbocycles. The predicted molar refractivity (Wildman–Crippen MR) is 63.4 cm³/mol. The van der Waals surface area contributed by atoms with Crippen molar-refractivity contribution < 1.29 is 4.79 Å². The van der Waals surface area contributed by atoms with Gasteiger partial charge in [0, 0.05) is 11.4 Å². The molecule has 0 atom stereocenters. The molecular formula is C11H13ClOS. The summed E-state index contributed by atoms with van der Waals surface area (Å²) in [6.45, 7) is 0. The van der Waals surface area contributed by atoms with Gasteiger partial charge in [0.2, 0.25) is 0 Å². The third-order valence-corrected chi connectivity index (χ3v) is 3.06. The van der Waals surface area contributed by atoms with Crippen molar-refractivity contribution in [3.8, 4) is 0 Å². The number of alkyl halides is 1. The summed E-state index contributed by atoms with van der Waals surface area (Å²) in [6.07, 6.45) is 0.967. The van der Waals surface area contributed by atoms with Gasteiger partial charge in [-0.3, -0.25) is 4.79 Å². The van der Waals surface area contributed by atoms with Crippen molar-refractivity contribution in [3.05, 3.63) is 35.9 Å². The van der Waals surface area contributed by atoms with Crippen LogP contribution in [0.1, 0.15) is 16.8 Å². The fraction of sp³-hybridized carbons (Fsp3) is 0.364. The first-order valence-electron chi connectivity index (χ1n) is 4.56. The first-order valence-corrected chi connectivity index (χ1v) is 6.25. The molecule has 0 N–H and O–H groups in total. The Kier molecular flexibility index (Phi) is 5.72. The number of hydrogen-bond donors (Lipinski definition) is 0. The number of Topliss-reactive ketones (excluding diaryl/α,β-unsaturated/α-hetero) is 1. The van der Waals surface area contributed by atoms with Crippen molar-refractivity contribution in [2.24, 2.45) is 0 Å². The second kappa shape index (κ2) is 6.91. The number of halogens is 1. The van der Waals surface area contributed by atoms with Gasteiger partial charge in [0.15, 0.2) is 5.78 Å². The van der Waals surface area contributed by atoms with Crippen LogP contribution < -0.4 is 0 Å². The van der Waals surface area contributed by atoms with Gasteiger partial charge in [-0.2, -0.15) is 11.8 Å². The highest BCUT2D eigenvalue weighted by molar-refractivity contribution is 7.99. The van der Waals surface area contributed by atoms with E-state index in [4.69, 9.17) is 11.6 Å². The molecule has 1 nitrogen and oxygen atoms in total. The summed E-state index contributed by atoms with van der Waals surface area (Å²) in [5, 5.41) is 0. The summed E-state index contributed by atoms with van der Waals surface area (Å²) in [7, 11) is 0. The number of carbonyl (C=O) groups is 1. The summed E-state index contributed by atoms with van der Waals surface area (Å²) < 4.78 is 0. The third kappa shape index (κ3) is 4.16. The van der Waals surface area contributed by atoms with Crippen molar-refractivity contribution in [2.45, 2.75) is 6.42 Å². The van der Waals surface area contributed by atoms with Crippen LogP contribution in [-0.4, -0.2) is 23.2 Å². The first-order chi connectivity index (χ1) is 6.84. The van der Waals surface area contributed by atoms with Crippen LogP contribution in [0.2, 0.25) is 0 Å². The quantitative estimate of drug-likeness (QED) is 0.423. The number of benzene rings is 1. The van der Waals surface area contributed by atoms with E-state index in [0.717, 1.165) is 17.7 Å². The lowest BCUT2D eigenvalue weighted by Gasteiger charge is -1.99. The molecule has 1 aromatic carbocycles. The van der Waals surface area contributed by atoms with Gasteiger partial charge in [0.05, 0.1) is 5.75 Å². The van der Waals surface area contributed by atoms with E-state index in [2.05, 4.69) is 0 Å². The minimum Gasteiger partial charge on any atom is -0.293 e. The van der Waals surface area contributed by atoms with Crippen LogP contribution in [0.3, 0.4) is 0 Å². The number of ketones is 1. The molecule has 0 aliphatic heterocycles. The Morgan fingerprint density at radius 2 is 2.00 bits per heavy atom. The lowest BCUT2D eigenvalue weighted by atomic mass is 10.2. The Bertz CT molecular complexity index is 274. The van der Waals surface area contributed by atoms with Crippen molar-refractivity contribution >= 4 is 29.1 Å². The molecule has 0 bridgehead atoms. The zero-order valence-corrected chi connectivity index (χ0v) is 9.48. The highest BCUT2D eigenvalue weighted by Gasteiger charge is 2.03. The van der Waals surface area contributed by atoms with E-state index in [0.29, 0.717) is 11.6 Å². The molecular weight excluding hydrogens is 216 g/mol. The number of rotatable bonds is 6. The van der Waals surface area contributed by atoms with E-state index in [1.54, 1.807) is 11.8 Å². The van der Waals surface area contributed by atoms with Gasteiger partial charge in [-0.15, -0.1) is 11.6 Å². The molecule has 1 aromatic rings. The molecule has 76 valence electrons. The monoisotopic (exact) mass is 228 g/mol. The molecule has 0 aliphatic carbocycles. The highest BCUT2D eigenvalue weighted by atomic mass is 35.5. The Hall–Kier alpha value is -0.470. The molecule has 0 radical (unpaired) electrons. The minimum atomic E-state index is 0.199. The normalized spacial score (nSPS) is 10.1. The Morgan fingerprint density at radius 1 is 1.29 bits per heavy atom. The van der Waals surface area contributed by atoms with Crippen LogP contribution in [-0.2, 0) is 0 Å². The van der Waals surface area contributed by atoms with Gasteiger partial charge in [-0.25, -0.2) is 0 Å². The molecule has 0 fully saturated rings.